The summed E-state index contributed by atoms with van der Waals surface area (Å²) in [5.41, 5.74) is 4.14. The highest BCUT2D eigenvalue weighted by Crippen LogP contribution is 2.39. The van der Waals surface area contributed by atoms with Crippen molar-refractivity contribution >= 4 is 34.0 Å². The van der Waals surface area contributed by atoms with Gasteiger partial charge in [-0.25, -0.2) is 0 Å². The van der Waals surface area contributed by atoms with Crippen molar-refractivity contribution in [3.63, 3.8) is 0 Å². The monoisotopic (exact) mass is 481 g/mol. The van der Waals surface area contributed by atoms with E-state index in [1.165, 1.54) is 27.8 Å². The molecule has 33 heavy (non-hydrogen) atoms. The number of nitrogens with one attached hydrogen (secondary N) is 1. The maximum Gasteiger partial charge on any atom is 0.235 e. The number of carbonyl (C=O) groups excluding carboxylic acids is 1. The number of nitrogens with zero attached hydrogens (tertiary/aromatic N) is 4. The van der Waals surface area contributed by atoms with Crippen LogP contribution in [0.3, 0.4) is 0 Å². The predicted molar refractivity (Wildman–Crippen MR) is 131 cm³/mol. The lowest BCUT2D eigenvalue weighted by atomic mass is 9.89. The molecule has 1 unspecified atom stereocenters. The van der Waals surface area contributed by atoms with E-state index >= 15 is 0 Å². The van der Waals surface area contributed by atoms with Crippen LogP contribution in [0, 0.1) is 31.1 Å². The number of ether oxygens (including phenoxy) is 1. The summed E-state index contributed by atoms with van der Waals surface area (Å²) in [4.78, 5) is 13.8. The van der Waals surface area contributed by atoms with Crippen molar-refractivity contribution in [1.29, 1.82) is 5.26 Å². The number of thioether (sulfide) groups is 1. The van der Waals surface area contributed by atoms with Crippen LogP contribution in [-0.4, -0.2) is 26.4 Å². The van der Waals surface area contributed by atoms with E-state index in [2.05, 4.69) is 42.4 Å². The highest BCUT2D eigenvalue weighted by atomic mass is 32.2. The number of rotatable bonds is 7. The Morgan fingerprint density at radius 1 is 1.36 bits per heavy atom. The van der Waals surface area contributed by atoms with E-state index in [0.717, 1.165) is 30.6 Å². The fourth-order valence-electron chi connectivity index (χ4n) is 3.80. The summed E-state index contributed by atoms with van der Waals surface area (Å²) in [7, 11) is 1.86. The molecule has 2 heterocycles. The maximum absolute atomic E-state index is 12.6. The molecule has 1 N–H and O–H groups in total. The minimum atomic E-state index is -0.154. The topological polar surface area (TPSA) is 92.8 Å². The molecule has 1 aliphatic rings. The fourth-order valence-corrected chi connectivity index (χ4v) is 5.91. The number of thiophene rings is 1. The first kappa shape index (κ1) is 23.3. The zero-order chi connectivity index (χ0) is 23.5. The van der Waals surface area contributed by atoms with Crippen LogP contribution in [-0.2, 0) is 31.3 Å². The average molecular weight is 482 g/mol. The Morgan fingerprint density at radius 2 is 2.18 bits per heavy atom. The molecule has 0 saturated carbocycles. The summed E-state index contributed by atoms with van der Waals surface area (Å²) in [5, 5.41) is 22.3. The molecule has 1 amide bonds. The van der Waals surface area contributed by atoms with Gasteiger partial charge >= 0.3 is 0 Å². The zero-order valence-electron chi connectivity index (χ0n) is 19.3. The molecular weight excluding hydrogens is 454 g/mol. The first-order valence-corrected chi connectivity index (χ1v) is 12.7. The number of aryl methyl sites for hydroxylation is 2. The maximum atomic E-state index is 12.6. The number of anilines is 1. The van der Waals surface area contributed by atoms with Gasteiger partial charge in [-0.15, -0.1) is 21.5 Å². The molecule has 4 rings (SSSR count). The Labute approximate surface area is 202 Å². The Hall–Kier alpha value is -2.83. The first-order valence-electron chi connectivity index (χ1n) is 10.9. The number of benzene rings is 1. The van der Waals surface area contributed by atoms with E-state index < -0.39 is 0 Å². The molecule has 9 heteroatoms. The van der Waals surface area contributed by atoms with Gasteiger partial charge in [0.25, 0.3) is 0 Å². The van der Waals surface area contributed by atoms with Crippen molar-refractivity contribution in [1.82, 2.24) is 14.8 Å². The number of aromatic nitrogens is 3. The van der Waals surface area contributed by atoms with Crippen LogP contribution in [0.15, 0.2) is 23.4 Å². The number of fused-ring (bicyclic) bond motifs is 1. The van der Waals surface area contributed by atoms with E-state index in [0.29, 0.717) is 34.1 Å². The zero-order valence-corrected chi connectivity index (χ0v) is 20.9. The Morgan fingerprint density at radius 3 is 2.94 bits per heavy atom. The van der Waals surface area contributed by atoms with E-state index in [1.54, 1.807) is 11.3 Å². The molecule has 0 fully saturated rings. The van der Waals surface area contributed by atoms with E-state index in [-0.39, 0.29) is 11.7 Å². The minimum Gasteiger partial charge on any atom is -0.486 e. The van der Waals surface area contributed by atoms with Gasteiger partial charge in [-0.2, -0.15) is 5.26 Å². The lowest BCUT2D eigenvalue weighted by Gasteiger charge is -2.17. The van der Waals surface area contributed by atoms with E-state index in [4.69, 9.17) is 4.74 Å². The van der Waals surface area contributed by atoms with Gasteiger partial charge in [0.2, 0.25) is 5.91 Å². The third kappa shape index (κ3) is 5.23. The van der Waals surface area contributed by atoms with Gasteiger partial charge in [0.15, 0.2) is 11.0 Å². The molecule has 1 aliphatic carbocycles. The summed E-state index contributed by atoms with van der Waals surface area (Å²) in [6.07, 6.45) is 2.97. The van der Waals surface area contributed by atoms with Crippen LogP contribution < -0.4 is 10.1 Å². The number of carbonyl (C=O) groups is 1. The molecule has 3 aromatic rings. The number of hydrogen-bond acceptors (Lipinski definition) is 7. The van der Waals surface area contributed by atoms with Crippen molar-refractivity contribution in [3.8, 4) is 11.8 Å². The van der Waals surface area contributed by atoms with Crippen molar-refractivity contribution in [2.24, 2.45) is 13.0 Å². The van der Waals surface area contributed by atoms with Crippen molar-refractivity contribution in [3.05, 3.63) is 51.2 Å². The third-order valence-corrected chi connectivity index (χ3v) is 8.17. The smallest absolute Gasteiger partial charge is 0.235 e. The largest absolute Gasteiger partial charge is 0.486 e. The van der Waals surface area contributed by atoms with Crippen LogP contribution in [0.25, 0.3) is 0 Å². The summed E-state index contributed by atoms with van der Waals surface area (Å²) in [6, 6.07) is 8.27. The van der Waals surface area contributed by atoms with Crippen molar-refractivity contribution in [2.75, 3.05) is 11.1 Å². The summed E-state index contributed by atoms with van der Waals surface area (Å²) >= 11 is 2.85. The second kappa shape index (κ2) is 9.98. The molecule has 172 valence electrons. The third-order valence-electron chi connectivity index (χ3n) is 5.98. The number of hydrogen-bond donors (Lipinski definition) is 1. The van der Waals surface area contributed by atoms with E-state index in [9.17, 15) is 10.1 Å². The van der Waals surface area contributed by atoms with Crippen LogP contribution in [0.4, 0.5) is 5.00 Å². The van der Waals surface area contributed by atoms with Gasteiger partial charge in [-0.3, -0.25) is 4.79 Å². The predicted octanol–water partition coefficient (Wildman–Crippen LogP) is 4.80. The Balaban J connectivity index is 1.34. The lowest BCUT2D eigenvalue weighted by Crippen LogP contribution is -2.14. The van der Waals surface area contributed by atoms with E-state index in [1.807, 2.05) is 29.8 Å². The van der Waals surface area contributed by atoms with Gasteiger partial charge in [0, 0.05) is 11.9 Å². The SMILES string of the molecule is Cc1ccc(OCc2nnc(SCC(=O)Nc3sc4c(c3C#N)CCC(C)C4)n2C)cc1C. The average Bonchev–Trinajstić information content (AvgIpc) is 3.31. The van der Waals surface area contributed by atoms with Gasteiger partial charge in [-0.05, 0) is 67.9 Å². The van der Waals surface area contributed by atoms with Gasteiger partial charge in [0.05, 0.1) is 11.3 Å². The van der Waals surface area contributed by atoms with Crippen molar-refractivity contribution < 1.29 is 9.53 Å². The molecule has 1 atom stereocenters. The summed E-state index contributed by atoms with van der Waals surface area (Å²) in [5.74, 6) is 2.12. The molecular formula is C24H27N5O2S2. The quantitative estimate of drug-likeness (QED) is 0.487. The fraction of sp³-hybridized carbons (Fsp3) is 0.417. The molecule has 1 aromatic carbocycles. The normalized spacial score (nSPS) is 15.1. The molecule has 7 nitrogen and oxygen atoms in total. The number of nitriles is 1. The molecule has 0 aliphatic heterocycles. The van der Waals surface area contributed by atoms with Gasteiger partial charge in [-0.1, -0.05) is 24.8 Å². The van der Waals surface area contributed by atoms with Crippen LogP contribution in [0.1, 0.15) is 46.3 Å². The second-order valence-corrected chi connectivity index (χ2v) is 10.5. The first-order chi connectivity index (χ1) is 15.9. The van der Waals surface area contributed by atoms with Crippen LogP contribution >= 0.6 is 23.1 Å². The molecule has 2 aromatic heterocycles. The Bertz CT molecular complexity index is 1220. The lowest BCUT2D eigenvalue weighted by molar-refractivity contribution is -0.113. The summed E-state index contributed by atoms with van der Waals surface area (Å²) < 4.78 is 7.70. The second-order valence-electron chi connectivity index (χ2n) is 8.50. The minimum absolute atomic E-state index is 0.154. The van der Waals surface area contributed by atoms with Crippen molar-refractivity contribution in [2.45, 2.75) is 51.8 Å². The summed E-state index contributed by atoms with van der Waals surface area (Å²) in [6.45, 7) is 6.64. The highest BCUT2D eigenvalue weighted by molar-refractivity contribution is 7.99. The Kier molecular flexibility index (Phi) is 7.05. The van der Waals surface area contributed by atoms with Crippen LogP contribution in [0.5, 0.6) is 5.75 Å². The molecule has 0 bridgehead atoms. The number of amides is 1. The van der Waals surface area contributed by atoms with Crippen LogP contribution in [0.2, 0.25) is 0 Å². The molecule has 0 spiro atoms. The van der Waals surface area contributed by atoms with Gasteiger partial charge < -0.3 is 14.6 Å². The standard InChI is InChI=1S/C24H27N5O2S2/c1-14-5-8-18-19(11-25)23(33-20(18)9-14)26-22(30)13-32-24-28-27-21(29(24)4)12-31-17-7-6-15(2)16(3)10-17/h6-7,10,14H,5,8-9,12-13H2,1-4H3,(H,26,30). The molecule has 0 radical (unpaired) electrons. The van der Waals surface area contributed by atoms with Gasteiger partial charge in [0.1, 0.15) is 23.4 Å². The molecule has 0 saturated heterocycles. The highest BCUT2D eigenvalue weighted by Gasteiger charge is 2.24.